The first-order valence-corrected chi connectivity index (χ1v) is 4.68. The highest BCUT2D eigenvalue weighted by atomic mass is 16.3. The largest absolute Gasteiger partial charge is 0.388 e. The zero-order valence-corrected chi connectivity index (χ0v) is 8.26. The predicted octanol–water partition coefficient (Wildman–Crippen LogP) is 1.99. The summed E-state index contributed by atoms with van der Waals surface area (Å²) >= 11 is 0. The van der Waals surface area contributed by atoms with Crippen LogP contribution in [0.25, 0.3) is 0 Å². The van der Waals surface area contributed by atoms with E-state index in [1.54, 1.807) is 0 Å². The summed E-state index contributed by atoms with van der Waals surface area (Å²) in [5.41, 5.74) is 2.36. The summed E-state index contributed by atoms with van der Waals surface area (Å²) in [5, 5.41) is 9.40. The van der Waals surface area contributed by atoms with E-state index < -0.39 is 6.10 Å². The summed E-state index contributed by atoms with van der Waals surface area (Å²) in [5.74, 6) is 0.0449. The molecule has 0 saturated heterocycles. The van der Waals surface area contributed by atoms with E-state index >= 15 is 0 Å². The van der Waals surface area contributed by atoms with Gasteiger partial charge in [0, 0.05) is 12.0 Å². The quantitative estimate of drug-likeness (QED) is 0.660. The predicted molar refractivity (Wildman–Crippen MR) is 52.4 cm³/mol. The fraction of sp³-hybridized carbons (Fsp3) is 0.545. The standard InChI is InChI=1S/C11H16O2/c1-4-5-7(2)11-8(3)9(12)6-10(11)13/h9,12H,3-6H2,1-2H3/t9-/m1/s1. The molecule has 0 aromatic heterocycles. The van der Waals surface area contributed by atoms with Crippen LogP contribution in [0.3, 0.4) is 0 Å². The van der Waals surface area contributed by atoms with Crippen LogP contribution < -0.4 is 0 Å². The second kappa shape index (κ2) is 3.88. The highest BCUT2D eigenvalue weighted by molar-refractivity contribution is 6.04. The Labute approximate surface area is 79.0 Å². The zero-order chi connectivity index (χ0) is 10.0. The van der Waals surface area contributed by atoms with Gasteiger partial charge < -0.3 is 5.11 Å². The minimum atomic E-state index is -0.644. The Morgan fingerprint density at radius 2 is 2.31 bits per heavy atom. The molecule has 0 bridgehead atoms. The molecular formula is C11H16O2. The van der Waals surface area contributed by atoms with Crippen LogP contribution in [0.5, 0.6) is 0 Å². The molecule has 2 nitrogen and oxygen atoms in total. The molecular weight excluding hydrogens is 164 g/mol. The van der Waals surface area contributed by atoms with Gasteiger partial charge in [0.05, 0.1) is 6.10 Å². The van der Waals surface area contributed by atoms with Crippen molar-refractivity contribution >= 4 is 5.78 Å². The molecule has 1 rings (SSSR count). The van der Waals surface area contributed by atoms with Gasteiger partial charge in [0.2, 0.25) is 0 Å². The number of rotatable bonds is 2. The molecule has 1 aliphatic rings. The number of Topliss-reactive ketones (excluding diaryl/α,β-unsaturated/α-hetero) is 1. The van der Waals surface area contributed by atoms with Crippen LogP contribution in [0.4, 0.5) is 0 Å². The van der Waals surface area contributed by atoms with Crippen molar-refractivity contribution in [2.75, 3.05) is 0 Å². The number of hydrogen-bond donors (Lipinski definition) is 1. The number of aliphatic hydroxyl groups excluding tert-OH is 1. The number of aliphatic hydroxyl groups is 1. The van der Waals surface area contributed by atoms with E-state index in [0.717, 1.165) is 18.4 Å². The lowest BCUT2D eigenvalue weighted by Crippen LogP contribution is -2.00. The van der Waals surface area contributed by atoms with Gasteiger partial charge in [-0.2, -0.15) is 0 Å². The molecule has 1 atom stereocenters. The molecule has 1 fully saturated rings. The summed E-state index contributed by atoms with van der Waals surface area (Å²) in [4.78, 5) is 11.4. The van der Waals surface area contributed by atoms with Crippen molar-refractivity contribution in [2.24, 2.45) is 0 Å². The zero-order valence-electron chi connectivity index (χ0n) is 8.26. The highest BCUT2D eigenvalue weighted by Gasteiger charge is 2.30. The van der Waals surface area contributed by atoms with Gasteiger partial charge in [-0.15, -0.1) is 0 Å². The Hall–Kier alpha value is -0.890. The third-order valence-corrected chi connectivity index (χ3v) is 2.43. The first-order valence-electron chi connectivity index (χ1n) is 4.68. The lowest BCUT2D eigenvalue weighted by molar-refractivity contribution is -0.115. The van der Waals surface area contributed by atoms with Crippen molar-refractivity contribution < 1.29 is 9.90 Å². The molecule has 0 unspecified atom stereocenters. The maximum absolute atomic E-state index is 11.4. The molecule has 0 radical (unpaired) electrons. The number of hydrogen-bond acceptors (Lipinski definition) is 2. The average Bonchev–Trinajstić information content (AvgIpc) is 2.27. The smallest absolute Gasteiger partial charge is 0.166 e. The van der Waals surface area contributed by atoms with Crippen molar-refractivity contribution in [3.05, 3.63) is 23.3 Å². The molecule has 72 valence electrons. The van der Waals surface area contributed by atoms with Crippen molar-refractivity contribution in [1.82, 2.24) is 0 Å². The summed E-state index contributed by atoms with van der Waals surface area (Å²) < 4.78 is 0. The van der Waals surface area contributed by atoms with Crippen LogP contribution in [0.15, 0.2) is 23.3 Å². The first-order chi connectivity index (χ1) is 6.07. The molecule has 13 heavy (non-hydrogen) atoms. The summed E-state index contributed by atoms with van der Waals surface area (Å²) in [6.07, 6.45) is 1.50. The molecule has 1 saturated carbocycles. The lowest BCUT2D eigenvalue weighted by atomic mass is 10.0. The summed E-state index contributed by atoms with van der Waals surface area (Å²) in [6.45, 7) is 7.76. The molecule has 2 heteroatoms. The molecule has 0 spiro atoms. The van der Waals surface area contributed by atoms with E-state index in [1.165, 1.54) is 0 Å². The van der Waals surface area contributed by atoms with Crippen molar-refractivity contribution in [2.45, 2.75) is 39.2 Å². The molecule has 0 amide bonds. The molecule has 0 aliphatic heterocycles. The second-order valence-corrected chi connectivity index (χ2v) is 3.57. The second-order valence-electron chi connectivity index (χ2n) is 3.57. The highest BCUT2D eigenvalue weighted by Crippen LogP contribution is 2.30. The molecule has 1 aliphatic carbocycles. The van der Waals surface area contributed by atoms with E-state index in [9.17, 15) is 9.90 Å². The first kappa shape index (κ1) is 10.2. The SMILES string of the molecule is C=C1C(=C(C)CCC)C(=O)C[C@H]1O. The molecule has 0 heterocycles. The van der Waals surface area contributed by atoms with Crippen LogP contribution >= 0.6 is 0 Å². The number of allylic oxidation sites excluding steroid dienone is 1. The summed E-state index contributed by atoms with van der Waals surface area (Å²) in [7, 11) is 0. The van der Waals surface area contributed by atoms with Crippen LogP contribution in [0, 0.1) is 0 Å². The maximum atomic E-state index is 11.4. The van der Waals surface area contributed by atoms with E-state index in [-0.39, 0.29) is 12.2 Å². The van der Waals surface area contributed by atoms with Gasteiger partial charge in [0.1, 0.15) is 0 Å². The Kier molecular flexibility index (Phi) is 3.04. The number of carbonyl (C=O) groups is 1. The van der Waals surface area contributed by atoms with E-state index in [4.69, 9.17) is 0 Å². The Morgan fingerprint density at radius 1 is 1.69 bits per heavy atom. The minimum Gasteiger partial charge on any atom is -0.388 e. The van der Waals surface area contributed by atoms with E-state index in [2.05, 4.69) is 13.5 Å². The normalized spacial score (nSPS) is 26.8. The van der Waals surface area contributed by atoms with E-state index in [0.29, 0.717) is 11.1 Å². The maximum Gasteiger partial charge on any atom is 0.166 e. The van der Waals surface area contributed by atoms with Crippen LogP contribution in [-0.4, -0.2) is 17.0 Å². The van der Waals surface area contributed by atoms with Gasteiger partial charge in [-0.1, -0.05) is 25.5 Å². The average molecular weight is 180 g/mol. The van der Waals surface area contributed by atoms with Gasteiger partial charge >= 0.3 is 0 Å². The van der Waals surface area contributed by atoms with Gasteiger partial charge in [-0.05, 0) is 18.9 Å². The topological polar surface area (TPSA) is 37.3 Å². The van der Waals surface area contributed by atoms with Gasteiger partial charge in [-0.3, -0.25) is 4.79 Å². The fourth-order valence-corrected chi connectivity index (χ4v) is 1.76. The number of carbonyl (C=O) groups excluding carboxylic acids is 1. The summed E-state index contributed by atoms with van der Waals surface area (Å²) in [6, 6.07) is 0. The molecule has 0 aromatic carbocycles. The Balaban J connectivity index is 2.96. The lowest BCUT2D eigenvalue weighted by Gasteiger charge is -2.05. The van der Waals surface area contributed by atoms with Gasteiger partial charge in [0.25, 0.3) is 0 Å². The van der Waals surface area contributed by atoms with Crippen molar-refractivity contribution in [3.8, 4) is 0 Å². The molecule has 0 aromatic rings. The fourth-order valence-electron chi connectivity index (χ4n) is 1.76. The van der Waals surface area contributed by atoms with E-state index in [1.807, 2.05) is 6.92 Å². The van der Waals surface area contributed by atoms with Gasteiger partial charge in [-0.25, -0.2) is 0 Å². The number of ketones is 1. The third kappa shape index (κ3) is 1.89. The van der Waals surface area contributed by atoms with Crippen LogP contribution in [0.2, 0.25) is 0 Å². The monoisotopic (exact) mass is 180 g/mol. The third-order valence-electron chi connectivity index (χ3n) is 2.43. The van der Waals surface area contributed by atoms with Crippen LogP contribution in [-0.2, 0) is 4.79 Å². The van der Waals surface area contributed by atoms with Gasteiger partial charge in [0.15, 0.2) is 5.78 Å². The van der Waals surface area contributed by atoms with Crippen LogP contribution in [0.1, 0.15) is 33.1 Å². The minimum absolute atomic E-state index is 0.0449. The Bertz CT molecular complexity index is 274. The molecule has 1 N–H and O–H groups in total. The van der Waals surface area contributed by atoms with Crippen molar-refractivity contribution in [3.63, 3.8) is 0 Å². The van der Waals surface area contributed by atoms with Crippen molar-refractivity contribution in [1.29, 1.82) is 0 Å². The Morgan fingerprint density at radius 3 is 2.69 bits per heavy atom.